The summed E-state index contributed by atoms with van der Waals surface area (Å²) >= 11 is 15.2. The van der Waals surface area contributed by atoms with Crippen LogP contribution in [0.15, 0.2) is 40.9 Å². The molecule has 5 heteroatoms. The van der Waals surface area contributed by atoms with Gasteiger partial charge < -0.3 is 10.4 Å². The molecule has 2 aromatic carbocycles. The number of benzene rings is 2. The Morgan fingerprint density at radius 1 is 1.11 bits per heavy atom. The van der Waals surface area contributed by atoms with Crippen molar-refractivity contribution in [3.05, 3.63) is 56.5 Å². The maximum atomic E-state index is 9.46. The third kappa shape index (κ3) is 3.10. The largest absolute Gasteiger partial charge is 0.505 e. The van der Waals surface area contributed by atoms with Crippen LogP contribution in [-0.4, -0.2) is 5.11 Å². The fourth-order valence-electron chi connectivity index (χ4n) is 1.51. The second kappa shape index (κ2) is 5.83. The average molecular weight is 347 g/mol. The van der Waals surface area contributed by atoms with Crippen LogP contribution in [0.1, 0.15) is 5.56 Å². The zero-order valence-corrected chi connectivity index (χ0v) is 12.4. The molecule has 0 aliphatic carbocycles. The third-order valence-corrected chi connectivity index (χ3v) is 3.81. The van der Waals surface area contributed by atoms with E-state index in [0.717, 1.165) is 15.7 Å². The fraction of sp³-hybridized carbons (Fsp3) is 0.0769. The van der Waals surface area contributed by atoms with E-state index in [1.165, 1.54) is 0 Å². The van der Waals surface area contributed by atoms with Crippen LogP contribution < -0.4 is 5.32 Å². The molecular weight excluding hydrogens is 337 g/mol. The molecule has 0 spiro atoms. The molecule has 0 atom stereocenters. The highest BCUT2D eigenvalue weighted by Gasteiger charge is 2.06. The number of anilines is 1. The quantitative estimate of drug-likeness (QED) is 0.760. The predicted molar refractivity (Wildman–Crippen MR) is 79.6 cm³/mol. The van der Waals surface area contributed by atoms with Crippen molar-refractivity contribution in [2.24, 2.45) is 0 Å². The summed E-state index contributed by atoms with van der Waals surface area (Å²) in [5, 5.41) is 13.1. The van der Waals surface area contributed by atoms with Gasteiger partial charge in [0, 0.05) is 16.7 Å². The predicted octanol–water partition coefficient (Wildman–Crippen LogP) is 5.07. The number of hydrogen-bond donors (Lipinski definition) is 2. The molecule has 0 aliphatic rings. The van der Waals surface area contributed by atoms with Crippen LogP contribution in [0.25, 0.3) is 0 Å². The van der Waals surface area contributed by atoms with Crippen molar-refractivity contribution >= 4 is 44.8 Å². The van der Waals surface area contributed by atoms with Crippen LogP contribution in [-0.2, 0) is 6.54 Å². The maximum Gasteiger partial charge on any atom is 0.152 e. The second-order valence-electron chi connectivity index (χ2n) is 3.73. The first-order valence-electron chi connectivity index (χ1n) is 5.23. The smallest absolute Gasteiger partial charge is 0.152 e. The number of aromatic hydroxyl groups is 1. The van der Waals surface area contributed by atoms with Gasteiger partial charge in [-0.15, -0.1) is 0 Å². The Labute approximate surface area is 124 Å². The standard InChI is InChI=1S/C13H10BrCl2NO/c14-10-4-2-1-3-8(10)7-17-9-5-11(15)13(18)12(16)6-9/h1-6,17-18H,7H2. The summed E-state index contributed by atoms with van der Waals surface area (Å²) in [5.74, 6) is -0.0928. The van der Waals surface area contributed by atoms with Crippen molar-refractivity contribution in [3.8, 4) is 5.75 Å². The molecule has 0 unspecified atom stereocenters. The molecule has 2 aromatic rings. The lowest BCUT2D eigenvalue weighted by atomic mass is 10.2. The molecule has 0 saturated heterocycles. The Kier molecular flexibility index (Phi) is 4.38. The summed E-state index contributed by atoms with van der Waals surface area (Å²) in [7, 11) is 0. The zero-order chi connectivity index (χ0) is 13.1. The van der Waals surface area contributed by atoms with E-state index in [1.807, 2.05) is 24.3 Å². The first-order valence-corrected chi connectivity index (χ1v) is 6.78. The molecule has 18 heavy (non-hydrogen) atoms. The first-order chi connectivity index (χ1) is 8.58. The van der Waals surface area contributed by atoms with Crippen LogP contribution in [0.3, 0.4) is 0 Å². The number of halogens is 3. The molecule has 0 amide bonds. The number of phenols is 1. The second-order valence-corrected chi connectivity index (χ2v) is 5.40. The molecule has 0 saturated carbocycles. The fourth-order valence-corrected chi connectivity index (χ4v) is 2.42. The molecule has 0 fully saturated rings. The molecule has 94 valence electrons. The van der Waals surface area contributed by atoms with E-state index in [-0.39, 0.29) is 15.8 Å². The van der Waals surface area contributed by atoms with Gasteiger partial charge in [-0.1, -0.05) is 57.3 Å². The van der Waals surface area contributed by atoms with Crippen LogP contribution in [0.5, 0.6) is 5.75 Å². The number of nitrogens with one attached hydrogen (secondary N) is 1. The minimum absolute atomic E-state index is 0.0928. The monoisotopic (exact) mass is 345 g/mol. The van der Waals surface area contributed by atoms with Crippen molar-refractivity contribution in [2.75, 3.05) is 5.32 Å². The molecule has 0 heterocycles. The van der Waals surface area contributed by atoms with E-state index in [0.29, 0.717) is 6.54 Å². The van der Waals surface area contributed by atoms with E-state index < -0.39 is 0 Å². The van der Waals surface area contributed by atoms with Gasteiger partial charge in [-0.3, -0.25) is 0 Å². The summed E-state index contributed by atoms with van der Waals surface area (Å²) in [6.45, 7) is 0.638. The molecule has 0 aliphatic heterocycles. The highest BCUT2D eigenvalue weighted by atomic mass is 79.9. The van der Waals surface area contributed by atoms with Gasteiger partial charge in [0.25, 0.3) is 0 Å². The minimum Gasteiger partial charge on any atom is -0.505 e. The summed E-state index contributed by atoms with van der Waals surface area (Å²) in [5.41, 5.74) is 1.89. The number of hydrogen-bond acceptors (Lipinski definition) is 2. The van der Waals surface area contributed by atoms with E-state index in [9.17, 15) is 5.11 Å². The number of rotatable bonds is 3. The van der Waals surface area contributed by atoms with E-state index >= 15 is 0 Å². The van der Waals surface area contributed by atoms with Crippen LogP contribution in [0, 0.1) is 0 Å². The van der Waals surface area contributed by atoms with Crippen molar-refractivity contribution in [1.82, 2.24) is 0 Å². The van der Waals surface area contributed by atoms with Gasteiger partial charge in [0.1, 0.15) is 0 Å². The van der Waals surface area contributed by atoms with Gasteiger partial charge >= 0.3 is 0 Å². The van der Waals surface area contributed by atoms with Crippen LogP contribution >= 0.6 is 39.1 Å². The molecular formula is C13H10BrCl2NO. The Morgan fingerprint density at radius 3 is 2.33 bits per heavy atom. The normalized spacial score (nSPS) is 10.4. The zero-order valence-electron chi connectivity index (χ0n) is 9.25. The summed E-state index contributed by atoms with van der Waals surface area (Å²) in [6, 6.07) is 11.2. The van der Waals surface area contributed by atoms with E-state index in [2.05, 4.69) is 21.2 Å². The number of phenolic OH excluding ortho intramolecular Hbond substituents is 1. The van der Waals surface area contributed by atoms with Crippen molar-refractivity contribution in [3.63, 3.8) is 0 Å². The Hall–Kier alpha value is -0.900. The van der Waals surface area contributed by atoms with Gasteiger partial charge in [-0.05, 0) is 23.8 Å². The van der Waals surface area contributed by atoms with Crippen molar-refractivity contribution in [1.29, 1.82) is 0 Å². The van der Waals surface area contributed by atoms with Gasteiger partial charge in [0.05, 0.1) is 10.0 Å². The highest BCUT2D eigenvalue weighted by Crippen LogP contribution is 2.34. The van der Waals surface area contributed by atoms with Gasteiger partial charge in [0.2, 0.25) is 0 Å². The SMILES string of the molecule is Oc1c(Cl)cc(NCc2ccccc2Br)cc1Cl. The molecule has 2 N–H and O–H groups in total. The van der Waals surface area contributed by atoms with Gasteiger partial charge in [0.15, 0.2) is 5.75 Å². The average Bonchev–Trinajstić information content (AvgIpc) is 2.35. The maximum absolute atomic E-state index is 9.46. The lowest BCUT2D eigenvalue weighted by Crippen LogP contribution is -2.00. The first kappa shape index (κ1) is 13.5. The topological polar surface area (TPSA) is 32.3 Å². The van der Waals surface area contributed by atoms with Gasteiger partial charge in [-0.2, -0.15) is 0 Å². The molecule has 2 rings (SSSR count). The lowest BCUT2D eigenvalue weighted by Gasteiger charge is -2.10. The Balaban J connectivity index is 2.14. The van der Waals surface area contributed by atoms with Crippen molar-refractivity contribution < 1.29 is 5.11 Å². The van der Waals surface area contributed by atoms with Gasteiger partial charge in [-0.25, -0.2) is 0 Å². The molecule has 2 nitrogen and oxygen atoms in total. The third-order valence-electron chi connectivity index (χ3n) is 2.46. The molecule has 0 radical (unpaired) electrons. The summed E-state index contributed by atoms with van der Waals surface area (Å²) in [6.07, 6.45) is 0. The van der Waals surface area contributed by atoms with E-state index in [1.54, 1.807) is 12.1 Å². The molecule has 0 aromatic heterocycles. The molecule has 0 bridgehead atoms. The Bertz CT molecular complexity index is 552. The van der Waals surface area contributed by atoms with E-state index in [4.69, 9.17) is 23.2 Å². The highest BCUT2D eigenvalue weighted by molar-refractivity contribution is 9.10. The van der Waals surface area contributed by atoms with Crippen LogP contribution in [0.4, 0.5) is 5.69 Å². The summed E-state index contributed by atoms with van der Waals surface area (Å²) in [4.78, 5) is 0. The van der Waals surface area contributed by atoms with Crippen molar-refractivity contribution in [2.45, 2.75) is 6.54 Å². The summed E-state index contributed by atoms with van der Waals surface area (Å²) < 4.78 is 1.04. The minimum atomic E-state index is -0.0928. The Morgan fingerprint density at radius 2 is 1.72 bits per heavy atom. The lowest BCUT2D eigenvalue weighted by molar-refractivity contribution is 0.476. The van der Waals surface area contributed by atoms with Crippen LogP contribution in [0.2, 0.25) is 10.0 Å².